The molecule has 0 aliphatic rings. The van der Waals surface area contributed by atoms with Crippen LogP contribution >= 0.6 is 33.9 Å². The van der Waals surface area contributed by atoms with Gasteiger partial charge in [0.1, 0.15) is 0 Å². The number of halogens is 1. The summed E-state index contributed by atoms with van der Waals surface area (Å²) in [6.45, 7) is 0. The molecule has 0 aliphatic carbocycles. The molecule has 1 atom stereocenters. The summed E-state index contributed by atoms with van der Waals surface area (Å²) in [5.74, 6) is -0.0488. The second-order valence-corrected chi connectivity index (χ2v) is 6.95. The SMILES string of the molecule is O=C(N[C@H](c1ccccc1)c1cccs1)c1ccccc1I. The number of benzene rings is 2. The van der Waals surface area contributed by atoms with Gasteiger partial charge in [-0.3, -0.25) is 4.79 Å². The van der Waals surface area contributed by atoms with E-state index in [0.717, 1.165) is 14.0 Å². The molecule has 22 heavy (non-hydrogen) atoms. The predicted octanol–water partition coefficient (Wildman–Crippen LogP) is 4.87. The Kier molecular flexibility index (Phi) is 4.90. The summed E-state index contributed by atoms with van der Waals surface area (Å²) in [6, 6.07) is 21.6. The Hall–Kier alpha value is -1.66. The van der Waals surface area contributed by atoms with Crippen molar-refractivity contribution in [1.29, 1.82) is 0 Å². The van der Waals surface area contributed by atoms with Gasteiger partial charge in [-0.2, -0.15) is 0 Å². The zero-order chi connectivity index (χ0) is 15.4. The van der Waals surface area contributed by atoms with Crippen LogP contribution in [0, 0.1) is 3.57 Å². The van der Waals surface area contributed by atoms with Gasteiger partial charge in [0.2, 0.25) is 0 Å². The first-order valence-electron chi connectivity index (χ1n) is 6.89. The van der Waals surface area contributed by atoms with Crippen molar-refractivity contribution >= 4 is 39.8 Å². The molecule has 0 saturated carbocycles. The van der Waals surface area contributed by atoms with E-state index in [1.54, 1.807) is 11.3 Å². The molecule has 3 rings (SSSR count). The molecule has 1 aromatic heterocycles. The normalized spacial score (nSPS) is 11.9. The van der Waals surface area contributed by atoms with Crippen LogP contribution in [-0.4, -0.2) is 5.91 Å². The highest BCUT2D eigenvalue weighted by Crippen LogP contribution is 2.26. The molecule has 3 aromatic rings. The first-order chi connectivity index (χ1) is 10.8. The number of hydrogen-bond acceptors (Lipinski definition) is 2. The molecule has 0 unspecified atom stereocenters. The van der Waals surface area contributed by atoms with Crippen molar-refractivity contribution in [2.45, 2.75) is 6.04 Å². The lowest BCUT2D eigenvalue weighted by Crippen LogP contribution is -2.29. The highest BCUT2D eigenvalue weighted by atomic mass is 127. The second-order valence-electron chi connectivity index (χ2n) is 4.81. The van der Waals surface area contributed by atoms with E-state index in [9.17, 15) is 4.79 Å². The van der Waals surface area contributed by atoms with Gasteiger partial charge in [-0.15, -0.1) is 11.3 Å². The van der Waals surface area contributed by atoms with Crippen LogP contribution in [0.3, 0.4) is 0 Å². The van der Waals surface area contributed by atoms with Gasteiger partial charge in [-0.1, -0.05) is 48.5 Å². The standard InChI is InChI=1S/C18H14INOS/c19-15-10-5-4-9-14(15)18(21)20-17(16-11-6-12-22-16)13-7-2-1-3-8-13/h1-12,17H,(H,20,21)/t17-/m1/s1. The first kappa shape index (κ1) is 15.2. The minimum atomic E-state index is -0.121. The van der Waals surface area contributed by atoms with Crippen LogP contribution < -0.4 is 5.32 Å². The number of hydrogen-bond donors (Lipinski definition) is 1. The minimum Gasteiger partial charge on any atom is -0.340 e. The number of carbonyl (C=O) groups is 1. The molecule has 0 radical (unpaired) electrons. The Balaban J connectivity index is 1.91. The molecule has 0 fully saturated rings. The average Bonchev–Trinajstić information content (AvgIpc) is 3.08. The van der Waals surface area contributed by atoms with Crippen molar-refractivity contribution in [3.63, 3.8) is 0 Å². The summed E-state index contributed by atoms with van der Waals surface area (Å²) in [5.41, 5.74) is 1.80. The molecule has 4 heteroatoms. The predicted molar refractivity (Wildman–Crippen MR) is 99.2 cm³/mol. The molecule has 2 nitrogen and oxygen atoms in total. The Morgan fingerprint density at radius 3 is 2.36 bits per heavy atom. The number of carbonyl (C=O) groups excluding carboxylic acids is 1. The first-order valence-corrected chi connectivity index (χ1v) is 8.85. The van der Waals surface area contributed by atoms with Gasteiger partial charge < -0.3 is 5.32 Å². The molecule has 1 amide bonds. The van der Waals surface area contributed by atoms with Gasteiger partial charge in [0, 0.05) is 8.45 Å². The van der Waals surface area contributed by atoms with E-state index >= 15 is 0 Å². The molecule has 0 spiro atoms. The van der Waals surface area contributed by atoms with Gasteiger partial charge in [-0.25, -0.2) is 0 Å². The van der Waals surface area contributed by atoms with Gasteiger partial charge in [-0.05, 0) is 51.7 Å². The lowest BCUT2D eigenvalue weighted by Gasteiger charge is -2.18. The zero-order valence-corrected chi connectivity index (χ0v) is 14.7. The van der Waals surface area contributed by atoms with Crippen molar-refractivity contribution in [2.75, 3.05) is 0 Å². The maximum atomic E-state index is 12.6. The zero-order valence-electron chi connectivity index (χ0n) is 11.7. The lowest BCUT2D eigenvalue weighted by molar-refractivity contribution is 0.0942. The van der Waals surface area contributed by atoms with Crippen LogP contribution in [0.2, 0.25) is 0 Å². The van der Waals surface area contributed by atoms with Crippen LogP contribution in [0.15, 0.2) is 72.1 Å². The molecule has 1 N–H and O–H groups in total. The van der Waals surface area contributed by atoms with E-state index in [-0.39, 0.29) is 11.9 Å². The lowest BCUT2D eigenvalue weighted by atomic mass is 10.0. The van der Waals surface area contributed by atoms with Crippen molar-refractivity contribution in [2.24, 2.45) is 0 Å². The van der Waals surface area contributed by atoms with E-state index < -0.39 is 0 Å². The molecule has 0 bridgehead atoms. The third-order valence-corrected chi connectivity index (χ3v) is 5.23. The van der Waals surface area contributed by atoms with Crippen LogP contribution in [0.1, 0.15) is 26.8 Å². The molecule has 1 heterocycles. The van der Waals surface area contributed by atoms with Crippen molar-refractivity contribution in [3.05, 3.63) is 91.7 Å². The summed E-state index contributed by atoms with van der Waals surface area (Å²) in [5, 5.41) is 5.19. The number of nitrogens with one attached hydrogen (secondary N) is 1. The minimum absolute atomic E-state index is 0.0488. The van der Waals surface area contributed by atoms with E-state index in [1.165, 1.54) is 0 Å². The summed E-state index contributed by atoms with van der Waals surface area (Å²) in [6.07, 6.45) is 0. The third-order valence-electron chi connectivity index (χ3n) is 3.35. The third kappa shape index (κ3) is 3.39. The summed E-state index contributed by atoms with van der Waals surface area (Å²) in [4.78, 5) is 13.8. The van der Waals surface area contributed by atoms with Gasteiger partial charge in [0.25, 0.3) is 5.91 Å². The van der Waals surface area contributed by atoms with E-state index in [1.807, 2.05) is 66.0 Å². The molecule has 0 saturated heterocycles. The number of thiophene rings is 1. The van der Waals surface area contributed by atoms with Gasteiger partial charge in [0.05, 0.1) is 11.6 Å². The van der Waals surface area contributed by atoms with Gasteiger partial charge >= 0.3 is 0 Å². The maximum Gasteiger partial charge on any atom is 0.253 e. The highest BCUT2D eigenvalue weighted by Gasteiger charge is 2.19. The van der Waals surface area contributed by atoms with E-state index in [4.69, 9.17) is 0 Å². The highest BCUT2D eigenvalue weighted by molar-refractivity contribution is 14.1. The van der Waals surface area contributed by atoms with Gasteiger partial charge in [0.15, 0.2) is 0 Å². The fraction of sp³-hybridized carbons (Fsp3) is 0.0556. The smallest absolute Gasteiger partial charge is 0.253 e. The molecular weight excluding hydrogens is 405 g/mol. The Morgan fingerprint density at radius 2 is 1.68 bits per heavy atom. The fourth-order valence-electron chi connectivity index (χ4n) is 2.27. The van der Waals surface area contributed by atoms with Crippen LogP contribution in [0.5, 0.6) is 0 Å². The fourth-order valence-corrected chi connectivity index (χ4v) is 3.71. The molecule has 2 aromatic carbocycles. The van der Waals surface area contributed by atoms with E-state index in [2.05, 4.69) is 34.0 Å². The topological polar surface area (TPSA) is 29.1 Å². The molecule has 110 valence electrons. The monoisotopic (exact) mass is 419 g/mol. The summed E-state index contributed by atoms with van der Waals surface area (Å²) < 4.78 is 0.954. The second kappa shape index (κ2) is 7.07. The summed E-state index contributed by atoms with van der Waals surface area (Å²) in [7, 11) is 0. The quantitative estimate of drug-likeness (QED) is 0.601. The van der Waals surface area contributed by atoms with Crippen LogP contribution in [0.25, 0.3) is 0 Å². The number of rotatable bonds is 4. The van der Waals surface area contributed by atoms with Crippen molar-refractivity contribution in [1.82, 2.24) is 5.32 Å². The average molecular weight is 419 g/mol. The number of amides is 1. The van der Waals surface area contributed by atoms with Crippen molar-refractivity contribution in [3.8, 4) is 0 Å². The van der Waals surface area contributed by atoms with Crippen LogP contribution in [-0.2, 0) is 0 Å². The Bertz CT molecular complexity index is 756. The van der Waals surface area contributed by atoms with Crippen LogP contribution in [0.4, 0.5) is 0 Å². The van der Waals surface area contributed by atoms with Crippen molar-refractivity contribution < 1.29 is 4.79 Å². The molecular formula is C18H14INOS. The molecule has 0 aliphatic heterocycles. The van der Waals surface area contributed by atoms with E-state index in [0.29, 0.717) is 5.56 Å². The maximum absolute atomic E-state index is 12.6. The summed E-state index contributed by atoms with van der Waals surface area (Å²) >= 11 is 3.84. The Labute approximate surface area is 147 Å². The Morgan fingerprint density at radius 1 is 0.955 bits per heavy atom. The largest absolute Gasteiger partial charge is 0.340 e.